The van der Waals surface area contributed by atoms with E-state index < -0.39 is 0 Å². The third-order valence-corrected chi connectivity index (χ3v) is 3.18. The van der Waals surface area contributed by atoms with Crippen molar-refractivity contribution in [2.45, 2.75) is 51.5 Å². The summed E-state index contributed by atoms with van der Waals surface area (Å²) in [6.45, 7) is 5.23. The highest BCUT2D eigenvalue weighted by atomic mass is 16.5. The quantitative estimate of drug-likeness (QED) is 0.771. The SMILES string of the molecule is CC1(C)CCC(Cn2cc(CNC(=O)CN)nn2)O1. The number of carbonyl (C=O) groups is 1. The molecule has 2 heterocycles. The number of hydrogen-bond acceptors (Lipinski definition) is 5. The summed E-state index contributed by atoms with van der Waals surface area (Å²) in [4.78, 5) is 11.0. The Balaban J connectivity index is 1.82. The zero-order valence-electron chi connectivity index (χ0n) is 11.4. The average Bonchev–Trinajstić information content (AvgIpc) is 2.93. The lowest BCUT2D eigenvalue weighted by Crippen LogP contribution is -2.29. The van der Waals surface area contributed by atoms with Gasteiger partial charge in [0.2, 0.25) is 5.91 Å². The van der Waals surface area contributed by atoms with Crippen LogP contribution in [0.5, 0.6) is 0 Å². The van der Waals surface area contributed by atoms with E-state index in [1.807, 2.05) is 6.20 Å². The lowest BCUT2D eigenvalue weighted by molar-refractivity contribution is -0.119. The van der Waals surface area contributed by atoms with Gasteiger partial charge in [-0.2, -0.15) is 0 Å². The van der Waals surface area contributed by atoms with Crippen LogP contribution in [0.4, 0.5) is 0 Å². The zero-order chi connectivity index (χ0) is 13.9. The van der Waals surface area contributed by atoms with Gasteiger partial charge < -0.3 is 15.8 Å². The fraction of sp³-hybridized carbons (Fsp3) is 0.750. The lowest BCUT2D eigenvalue weighted by Gasteiger charge is -2.18. The van der Waals surface area contributed by atoms with Crippen molar-refractivity contribution in [2.24, 2.45) is 5.73 Å². The van der Waals surface area contributed by atoms with Crippen molar-refractivity contribution < 1.29 is 9.53 Å². The summed E-state index contributed by atoms with van der Waals surface area (Å²) in [6, 6.07) is 0. The van der Waals surface area contributed by atoms with Gasteiger partial charge in [0.15, 0.2) is 0 Å². The first-order valence-electron chi connectivity index (χ1n) is 6.52. The molecule has 1 aromatic rings. The zero-order valence-corrected chi connectivity index (χ0v) is 11.4. The van der Waals surface area contributed by atoms with E-state index >= 15 is 0 Å². The fourth-order valence-electron chi connectivity index (χ4n) is 2.18. The fourth-order valence-corrected chi connectivity index (χ4v) is 2.18. The maximum atomic E-state index is 11.0. The minimum Gasteiger partial charge on any atom is -0.370 e. The molecule has 1 fully saturated rings. The third kappa shape index (κ3) is 4.00. The molecule has 1 aromatic heterocycles. The largest absolute Gasteiger partial charge is 0.370 e. The number of nitrogens with two attached hydrogens (primary N) is 1. The Morgan fingerprint density at radius 2 is 2.47 bits per heavy atom. The van der Waals surface area contributed by atoms with E-state index in [0.717, 1.165) is 18.5 Å². The van der Waals surface area contributed by atoms with Crippen LogP contribution in [-0.4, -0.2) is 39.2 Å². The number of carbonyl (C=O) groups excluding carboxylic acids is 1. The third-order valence-electron chi connectivity index (χ3n) is 3.18. The summed E-state index contributed by atoms with van der Waals surface area (Å²) in [7, 11) is 0. The van der Waals surface area contributed by atoms with Crippen molar-refractivity contribution in [2.75, 3.05) is 6.54 Å². The molecule has 7 heteroatoms. The Labute approximate surface area is 112 Å². The Hall–Kier alpha value is -1.47. The second kappa shape index (κ2) is 5.66. The molecule has 0 aromatic carbocycles. The van der Waals surface area contributed by atoms with E-state index in [-0.39, 0.29) is 24.2 Å². The maximum Gasteiger partial charge on any atom is 0.234 e. The van der Waals surface area contributed by atoms with Crippen LogP contribution >= 0.6 is 0 Å². The van der Waals surface area contributed by atoms with Crippen LogP contribution in [0.15, 0.2) is 6.20 Å². The predicted molar refractivity (Wildman–Crippen MR) is 69.1 cm³/mol. The normalized spacial score (nSPS) is 21.5. The Kier molecular flexibility index (Phi) is 4.16. The molecule has 0 spiro atoms. The molecule has 1 aliphatic rings. The summed E-state index contributed by atoms with van der Waals surface area (Å²) < 4.78 is 7.66. The van der Waals surface area contributed by atoms with E-state index in [1.54, 1.807) is 4.68 Å². The van der Waals surface area contributed by atoms with E-state index in [1.165, 1.54) is 0 Å². The molecule has 106 valence electrons. The highest BCUT2D eigenvalue weighted by Gasteiger charge is 2.31. The number of aromatic nitrogens is 3. The minimum atomic E-state index is -0.199. The van der Waals surface area contributed by atoms with Gasteiger partial charge in [-0.3, -0.25) is 4.79 Å². The van der Waals surface area contributed by atoms with Crippen molar-refractivity contribution in [3.05, 3.63) is 11.9 Å². The average molecular weight is 267 g/mol. The van der Waals surface area contributed by atoms with E-state index in [9.17, 15) is 4.79 Å². The number of nitrogens with zero attached hydrogens (tertiary/aromatic N) is 3. The molecule has 0 bridgehead atoms. The molecular weight excluding hydrogens is 246 g/mol. The van der Waals surface area contributed by atoms with Crippen molar-refractivity contribution >= 4 is 5.91 Å². The van der Waals surface area contributed by atoms with Crippen LogP contribution in [0.2, 0.25) is 0 Å². The summed E-state index contributed by atoms with van der Waals surface area (Å²) >= 11 is 0. The van der Waals surface area contributed by atoms with Crippen LogP contribution in [0.3, 0.4) is 0 Å². The number of amides is 1. The Bertz CT molecular complexity index is 443. The number of hydrogen-bond donors (Lipinski definition) is 2. The van der Waals surface area contributed by atoms with Gasteiger partial charge in [-0.1, -0.05) is 5.21 Å². The summed E-state index contributed by atoms with van der Waals surface area (Å²) in [5.74, 6) is -0.199. The molecule has 3 N–H and O–H groups in total. The summed E-state index contributed by atoms with van der Waals surface area (Å²) in [5, 5.41) is 10.7. The molecule has 1 saturated heterocycles. The van der Waals surface area contributed by atoms with Gasteiger partial charge in [0.05, 0.1) is 37.5 Å². The molecule has 19 heavy (non-hydrogen) atoms. The van der Waals surface area contributed by atoms with Crippen LogP contribution in [-0.2, 0) is 22.6 Å². The predicted octanol–water partition coefficient (Wildman–Crippen LogP) is -0.189. The van der Waals surface area contributed by atoms with Crippen LogP contribution < -0.4 is 11.1 Å². The first kappa shape index (κ1) is 14.0. The second-order valence-electron chi connectivity index (χ2n) is 5.45. The van der Waals surface area contributed by atoms with Crippen molar-refractivity contribution in [3.63, 3.8) is 0 Å². The molecule has 1 atom stereocenters. The highest BCUT2D eigenvalue weighted by molar-refractivity contribution is 5.77. The second-order valence-corrected chi connectivity index (χ2v) is 5.45. The molecule has 0 radical (unpaired) electrons. The lowest BCUT2D eigenvalue weighted by atomic mass is 10.1. The number of ether oxygens (including phenoxy) is 1. The van der Waals surface area contributed by atoms with Crippen molar-refractivity contribution in [3.8, 4) is 0 Å². The standard InChI is InChI=1S/C12H21N5O2/c1-12(2)4-3-10(19-12)8-17-7-9(15-16-17)6-14-11(18)5-13/h7,10H,3-6,8,13H2,1-2H3,(H,14,18). The van der Waals surface area contributed by atoms with Crippen molar-refractivity contribution in [1.29, 1.82) is 0 Å². The molecule has 1 aliphatic heterocycles. The van der Waals surface area contributed by atoms with Gasteiger partial charge in [-0.05, 0) is 26.7 Å². The number of rotatable bonds is 5. The summed E-state index contributed by atoms with van der Waals surface area (Å²) in [6.07, 6.45) is 4.10. The molecule has 1 unspecified atom stereocenters. The molecular formula is C12H21N5O2. The smallest absolute Gasteiger partial charge is 0.234 e. The van der Waals surface area contributed by atoms with E-state index in [0.29, 0.717) is 13.1 Å². The minimum absolute atomic E-state index is 0.0147. The van der Waals surface area contributed by atoms with Crippen LogP contribution in [0.25, 0.3) is 0 Å². The van der Waals surface area contributed by atoms with Gasteiger partial charge >= 0.3 is 0 Å². The topological polar surface area (TPSA) is 95.1 Å². The Morgan fingerprint density at radius 1 is 1.68 bits per heavy atom. The van der Waals surface area contributed by atoms with Gasteiger partial charge in [0.25, 0.3) is 0 Å². The summed E-state index contributed by atoms with van der Waals surface area (Å²) in [5.41, 5.74) is 5.89. The van der Waals surface area contributed by atoms with E-state index in [4.69, 9.17) is 10.5 Å². The molecule has 1 amide bonds. The van der Waals surface area contributed by atoms with Gasteiger partial charge in [0.1, 0.15) is 5.69 Å². The van der Waals surface area contributed by atoms with Crippen LogP contribution in [0, 0.1) is 0 Å². The maximum absolute atomic E-state index is 11.0. The first-order valence-corrected chi connectivity index (χ1v) is 6.52. The first-order chi connectivity index (χ1) is 8.98. The molecule has 0 aliphatic carbocycles. The number of nitrogens with one attached hydrogen (secondary N) is 1. The van der Waals surface area contributed by atoms with Crippen molar-refractivity contribution in [1.82, 2.24) is 20.3 Å². The van der Waals surface area contributed by atoms with E-state index in [2.05, 4.69) is 29.5 Å². The highest BCUT2D eigenvalue weighted by Crippen LogP contribution is 2.29. The van der Waals surface area contributed by atoms with Crippen LogP contribution in [0.1, 0.15) is 32.4 Å². The molecule has 2 rings (SSSR count). The van der Waals surface area contributed by atoms with Gasteiger partial charge in [0, 0.05) is 0 Å². The molecule has 0 saturated carbocycles. The molecule has 7 nitrogen and oxygen atoms in total. The Morgan fingerprint density at radius 3 is 3.11 bits per heavy atom. The monoisotopic (exact) mass is 267 g/mol. The van der Waals surface area contributed by atoms with Gasteiger partial charge in [-0.25, -0.2) is 4.68 Å². The van der Waals surface area contributed by atoms with Gasteiger partial charge in [-0.15, -0.1) is 5.10 Å².